The normalized spacial score (nSPS) is 11.6. The van der Waals surface area contributed by atoms with E-state index in [0.29, 0.717) is 16.9 Å². The van der Waals surface area contributed by atoms with Gasteiger partial charge in [0.2, 0.25) is 5.95 Å². The summed E-state index contributed by atoms with van der Waals surface area (Å²) < 4.78 is 1.72. The van der Waals surface area contributed by atoms with Gasteiger partial charge in [0.15, 0.2) is 0 Å². The van der Waals surface area contributed by atoms with E-state index < -0.39 is 6.04 Å². The average molecular weight is 502 g/mol. The van der Waals surface area contributed by atoms with Crippen molar-refractivity contribution >= 4 is 28.2 Å². The standard InChI is InChI=1S/C30H27N7O/c1-19(34-28-22(17-31)18-33-30(32)35-28)26-16-21-10-8-14-25(20-9-7-13-24(15-20)36(2)3)27(21)29(38)37(26)23-11-5-4-6-12-23/h4-16,18-19H,1-3H3,(H3,32,33,34,35). The predicted molar refractivity (Wildman–Crippen MR) is 153 cm³/mol. The highest BCUT2D eigenvalue weighted by atomic mass is 16.1. The van der Waals surface area contributed by atoms with Crippen LogP contribution in [0, 0.1) is 11.3 Å². The highest BCUT2D eigenvalue weighted by molar-refractivity contribution is 5.97. The molecule has 1 atom stereocenters. The smallest absolute Gasteiger partial charge is 0.263 e. The van der Waals surface area contributed by atoms with E-state index in [2.05, 4.69) is 27.4 Å². The van der Waals surface area contributed by atoms with Crippen LogP contribution in [0.5, 0.6) is 0 Å². The highest BCUT2D eigenvalue weighted by Gasteiger charge is 2.20. The van der Waals surface area contributed by atoms with E-state index in [1.54, 1.807) is 4.57 Å². The summed E-state index contributed by atoms with van der Waals surface area (Å²) in [6, 6.07) is 27.3. The number of nitrogens with two attached hydrogens (primary N) is 1. The van der Waals surface area contributed by atoms with E-state index in [1.165, 1.54) is 6.20 Å². The van der Waals surface area contributed by atoms with Gasteiger partial charge < -0.3 is 16.0 Å². The third kappa shape index (κ3) is 4.53. The fourth-order valence-corrected chi connectivity index (χ4v) is 4.60. The first-order valence-electron chi connectivity index (χ1n) is 12.2. The summed E-state index contributed by atoms with van der Waals surface area (Å²) in [6.07, 6.45) is 1.39. The third-order valence-electron chi connectivity index (χ3n) is 6.49. The summed E-state index contributed by atoms with van der Waals surface area (Å²) in [4.78, 5) is 24.5. The van der Waals surface area contributed by atoms with Gasteiger partial charge in [-0.15, -0.1) is 0 Å². The minimum Gasteiger partial charge on any atom is -0.378 e. The molecule has 0 saturated carbocycles. The fraction of sp³-hybridized carbons (Fsp3) is 0.133. The first-order chi connectivity index (χ1) is 18.4. The fourth-order valence-electron chi connectivity index (χ4n) is 4.60. The van der Waals surface area contributed by atoms with Gasteiger partial charge in [0.25, 0.3) is 5.56 Å². The Morgan fingerprint density at radius 2 is 1.79 bits per heavy atom. The molecule has 0 fully saturated rings. The molecule has 3 aromatic carbocycles. The number of nitriles is 1. The summed E-state index contributed by atoms with van der Waals surface area (Å²) in [5.41, 5.74) is 10.3. The number of nitrogens with zero attached hydrogens (tertiary/aromatic N) is 5. The van der Waals surface area contributed by atoms with Crippen molar-refractivity contribution < 1.29 is 0 Å². The molecule has 8 nitrogen and oxygen atoms in total. The molecule has 1 unspecified atom stereocenters. The van der Waals surface area contributed by atoms with Crippen LogP contribution in [-0.2, 0) is 0 Å². The van der Waals surface area contributed by atoms with E-state index in [9.17, 15) is 10.1 Å². The Kier molecular flexibility index (Phi) is 6.50. The van der Waals surface area contributed by atoms with Crippen LogP contribution in [0.2, 0.25) is 0 Å². The van der Waals surface area contributed by atoms with Crippen LogP contribution in [0.4, 0.5) is 17.5 Å². The van der Waals surface area contributed by atoms with Crippen molar-refractivity contribution in [3.8, 4) is 22.9 Å². The molecule has 0 saturated heterocycles. The molecule has 5 rings (SSSR count). The van der Waals surface area contributed by atoms with E-state index in [0.717, 1.165) is 27.9 Å². The molecule has 0 aliphatic heterocycles. The summed E-state index contributed by atoms with van der Waals surface area (Å²) in [6.45, 7) is 1.92. The topological polar surface area (TPSA) is 113 Å². The Bertz CT molecular complexity index is 1740. The molecule has 0 radical (unpaired) electrons. The van der Waals surface area contributed by atoms with Crippen LogP contribution in [0.1, 0.15) is 24.2 Å². The second kappa shape index (κ2) is 10.1. The monoisotopic (exact) mass is 501 g/mol. The Labute approximate surface area is 220 Å². The lowest BCUT2D eigenvalue weighted by Crippen LogP contribution is -2.26. The number of fused-ring (bicyclic) bond motifs is 1. The van der Waals surface area contributed by atoms with Gasteiger partial charge in [-0.3, -0.25) is 9.36 Å². The molecule has 0 bridgehead atoms. The van der Waals surface area contributed by atoms with Gasteiger partial charge in [0, 0.05) is 31.2 Å². The average Bonchev–Trinajstić information content (AvgIpc) is 2.93. The zero-order valence-electron chi connectivity index (χ0n) is 21.4. The number of para-hydroxylation sites is 1. The molecule has 3 N–H and O–H groups in total. The van der Waals surface area contributed by atoms with Gasteiger partial charge in [0.1, 0.15) is 17.5 Å². The quantitative estimate of drug-likeness (QED) is 0.331. The van der Waals surface area contributed by atoms with Gasteiger partial charge in [-0.1, -0.05) is 48.5 Å². The molecule has 2 aromatic heterocycles. The van der Waals surface area contributed by atoms with E-state index in [-0.39, 0.29) is 17.1 Å². The van der Waals surface area contributed by atoms with Gasteiger partial charge in [-0.05, 0) is 53.8 Å². The van der Waals surface area contributed by atoms with Crippen molar-refractivity contribution in [1.82, 2.24) is 14.5 Å². The molecule has 188 valence electrons. The van der Waals surface area contributed by atoms with Crippen molar-refractivity contribution in [3.63, 3.8) is 0 Å². The number of benzene rings is 3. The molecule has 0 spiro atoms. The number of anilines is 3. The van der Waals surface area contributed by atoms with Crippen LogP contribution < -0.4 is 21.5 Å². The Hall–Kier alpha value is -5.16. The van der Waals surface area contributed by atoms with Crippen LogP contribution in [0.15, 0.2) is 89.9 Å². The molecule has 38 heavy (non-hydrogen) atoms. The summed E-state index contributed by atoms with van der Waals surface area (Å²) in [5.74, 6) is 0.371. The van der Waals surface area contributed by atoms with E-state index >= 15 is 0 Å². The van der Waals surface area contributed by atoms with Crippen LogP contribution in [0.3, 0.4) is 0 Å². The Balaban J connectivity index is 1.74. The zero-order chi connectivity index (χ0) is 26.8. The molecular formula is C30H27N7O. The first-order valence-corrected chi connectivity index (χ1v) is 12.2. The maximum absolute atomic E-state index is 14.3. The minimum atomic E-state index is -0.394. The van der Waals surface area contributed by atoms with Gasteiger partial charge in [0.05, 0.1) is 17.6 Å². The van der Waals surface area contributed by atoms with Gasteiger partial charge >= 0.3 is 0 Å². The SMILES string of the molecule is CC(Nc1nc(N)ncc1C#N)c1cc2cccc(-c3cccc(N(C)C)c3)c2c(=O)n1-c1ccccc1. The predicted octanol–water partition coefficient (Wildman–Crippen LogP) is 5.14. The van der Waals surface area contributed by atoms with Gasteiger partial charge in [-0.25, -0.2) is 4.98 Å². The number of pyridine rings is 1. The Morgan fingerprint density at radius 3 is 2.53 bits per heavy atom. The van der Waals surface area contributed by atoms with Crippen molar-refractivity contribution in [3.05, 3.63) is 107 Å². The van der Waals surface area contributed by atoms with E-state index in [4.69, 9.17) is 5.73 Å². The zero-order valence-corrected chi connectivity index (χ0v) is 21.4. The number of hydrogen-bond donors (Lipinski definition) is 2. The van der Waals surface area contributed by atoms with Crippen molar-refractivity contribution in [2.45, 2.75) is 13.0 Å². The summed E-state index contributed by atoms with van der Waals surface area (Å²) >= 11 is 0. The lowest BCUT2D eigenvalue weighted by molar-refractivity contribution is 0.772. The third-order valence-corrected chi connectivity index (χ3v) is 6.49. The number of hydrogen-bond acceptors (Lipinski definition) is 7. The largest absolute Gasteiger partial charge is 0.378 e. The van der Waals surface area contributed by atoms with Crippen LogP contribution >= 0.6 is 0 Å². The second-order valence-electron chi connectivity index (χ2n) is 9.23. The number of rotatable bonds is 6. The van der Waals surface area contributed by atoms with Crippen molar-refractivity contribution in [2.75, 3.05) is 30.0 Å². The Morgan fingerprint density at radius 1 is 1.03 bits per heavy atom. The number of nitrogen functional groups attached to an aromatic ring is 1. The molecule has 2 heterocycles. The lowest BCUT2D eigenvalue weighted by atomic mass is 9.97. The molecular weight excluding hydrogens is 474 g/mol. The molecule has 8 heteroatoms. The molecule has 0 amide bonds. The maximum Gasteiger partial charge on any atom is 0.263 e. The second-order valence-corrected chi connectivity index (χ2v) is 9.23. The van der Waals surface area contributed by atoms with E-state index in [1.807, 2.05) is 98.7 Å². The number of aromatic nitrogens is 3. The number of nitrogens with one attached hydrogen (secondary N) is 1. The maximum atomic E-state index is 14.3. The van der Waals surface area contributed by atoms with Gasteiger partial charge in [-0.2, -0.15) is 10.2 Å². The minimum absolute atomic E-state index is 0.0576. The van der Waals surface area contributed by atoms with Crippen LogP contribution in [-0.4, -0.2) is 28.6 Å². The summed E-state index contributed by atoms with van der Waals surface area (Å²) in [5, 5.41) is 14.3. The molecule has 5 aromatic rings. The molecule has 0 aliphatic carbocycles. The molecule has 0 aliphatic rings. The van der Waals surface area contributed by atoms with Crippen LogP contribution in [0.25, 0.3) is 27.6 Å². The summed E-state index contributed by atoms with van der Waals surface area (Å²) in [7, 11) is 3.99. The van der Waals surface area contributed by atoms with Crippen molar-refractivity contribution in [1.29, 1.82) is 5.26 Å². The highest BCUT2D eigenvalue weighted by Crippen LogP contribution is 2.32. The van der Waals surface area contributed by atoms with Crippen molar-refractivity contribution in [2.24, 2.45) is 0 Å². The lowest BCUT2D eigenvalue weighted by Gasteiger charge is -2.22. The first kappa shape index (κ1) is 24.5.